The number of aryl methyl sites for hydroxylation is 2. The van der Waals surface area contributed by atoms with Crippen molar-refractivity contribution in [1.29, 1.82) is 0 Å². The molecule has 0 saturated carbocycles. The van der Waals surface area contributed by atoms with Crippen LogP contribution in [0.5, 0.6) is 0 Å². The Bertz CT molecular complexity index is 684. The highest BCUT2D eigenvalue weighted by Crippen LogP contribution is 2.18. The molecule has 110 valence electrons. The number of halogens is 2. The van der Waals surface area contributed by atoms with Crippen molar-refractivity contribution < 1.29 is 9.18 Å². The third-order valence-corrected chi connectivity index (χ3v) is 4.31. The van der Waals surface area contributed by atoms with E-state index in [9.17, 15) is 9.18 Å². The monoisotopic (exact) mass is 397 g/mol. The van der Waals surface area contributed by atoms with E-state index in [4.69, 9.17) is 0 Å². The molecule has 0 radical (unpaired) electrons. The molecule has 2 aromatic carbocycles. The average Bonchev–Trinajstić information content (AvgIpc) is 2.41. The Morgan fingerprint density at radius 2 is 1.90 bits per heavy atom. The number of hydrogen-bond donors (Lipinski definition) is 0. The van der Waals surface area contributed by atoms with Gasteiger partial charge in [-0.15, -0.1) is 0 Å². The first-order valence-corrected chi connectivity index (χ1v) is 7.73. The van der Waals surface area contributed by atoms with Gasteiger partial charge in [-0.2, -0.15) is 0 Å². The maximum absolute atomic E-state index is 13.1. The topological polar surface area (TPSA) is 20.3 Å². The summed E-state index contributed by atoms with van der Waals surface area (Å²) in [4.78, 5) is 14.1. The molecule has 2 aromatic rings. The van der Waals surface area contributed by atoms with Gasteiger partial charge in [0.15, 0.2) is 0 Å². The van der Waals surface area contributed by atoms with E-state index in [1.807, 2.05) is 48.6 Å². The molecule has 0 bridgehead atoms. The Morgan fingerprint density at radius 3 is 2.52 bits per heavy atom. The van der Waals surface area contributed by atoms with Crippen molar-refractivity contribution >= 4 is 28.5 Å². The largest absolute Gasteiger partial charge is 0.337 e. The van der Waals surface area contributed by atoms with Gasteiger partial charge in [-0.05, 0) is 65.8 Å². The lowest BCUT2D eigenvalue weighted by molar-refractivity contribution is 0.0784. The van der Waals surface area contributed by atoms with Crippen molar-refractivity contribution in [3.8, 4) is 0 Å². The second kappa shape index (κ2) is 6.56. The van der Waals surface area contributed by atoms with Crippen LogP contribution >= 0.6 is 22.6 Å². The molecule has 0 saturated heterocycles. The number of rotatable bonds is 3. The fraction of sp³-hybridized carbons (Fsp3) is 0.235. The van der Waals surface area contributed by atoms with Gasteiger partial charge in [-0.3, -0.25) is 4.79 Å². The summed E-state index contributed by atoms with van der Waals surface area (Å²) in [6.45, 7) is 4.63. The van der Waals surface area contributed by atoms with Crippen molar-refractivity contribution in [1.82, 2.24) is 4.90 Å². The molecule has 0 aliphatic carbocycles. The highest BCUT2D eigenvalue weighted by atomic mass is 127. The third kappa shape index (κ3) is 3.81. The van der Waals surface area contributed by atoms with Gasteiger partial charge in [0.1, 0.15) is 5.82 Å². The van der Waals surface area contributed by atoms with E-state index < -0.39 is 0 Å². The molecule has 0 spiro atoms. The highest BCUT2D eigenvalue weighted by molar-refractivity contribution is 14.1. The zero-order chi connectivity index (χ0) is 15.6. The van der Waals surface area contributed by atoms with E-state index >= 15 is 0 Å². The van der Waals surface area contributed by atoms with Crippen LogP contribution in [0.2, 0.25) is 0 Å². The first-order chi connectivity index (χ1) is 9.88. The Balaban J connectivity index is 2.19. The summed E-state index contributed by atoms with van der Waals surface area (Å²) in [5.74, 6) is -0.424. The smallest absolute Gasteiger partial charge is 0.254 e. The van der Waals surface area contributed by atoms with E-state index in [1.54, 1.807) is 11.9 Å². The molecule has 21 heavy (non-hydrogen) atoms. The molecular weight excluding hydrogens is 380 g/mol. The zero-order valence-corrected chi connectivity index (χ0v) is 14.4. The van der Waals surface area contributed by atoms with Crippen LogP contribution < -0.4 is 0 Å². The van der Waals surface area contributed by atoms with Crippen molar-refractivity contribution in [2.45, 2.75) is 20.4 Å². The maximum Gasteiger partial charge on any atom is 0.254 e. The minimum Gasteiger partial charge on any atom is -0.337 e. The molecule has 0 unspecified atom stereocenters. The van der Waals surface area contributed by atoms with Crippen LogP contribution in [-0.4, -0.2) is 17.9 Å². The molecule has 1 amide bonds. The number of amides is 1. The number of carbonyl (C=O) groups excluding carboxylic acids is 1. The van der Waals surface area contributed by atoms with Crippen molar-refractivity contribution in [3.05, 3.63) is 68.0 Å². The van der Waals surface area contributed by atoms with E-state index in [2.05, 4.69) is 6.07 Å². The Hall–Kier alpha value is -1.43. The van der Waals surface area contributed by atoms with Crippen LogP contribution in [0.15, 0.2) is 36.4 Å². The third-order valence-electron chi connectivity index (χ3n) is 3.41. The van der Waals surface area contributed by atoms with Gasteiger partial charge < -0.3 is 4.90 Å². The molecule has 0 heterocycles. The molecule has 0 atom stereocenters. The molecule has 2 nitrogen and oxygen atoms in total. The van der Waals surface area contributed by atoms with E-state index in [-0.39, 0.29) is 11.7 Å². The standard InChI is InChI=1S/C17H17FINO/c1-11-4-5-13(12(2)8-11)10-20(3)17(21)15-7-6-14(18)9-16(15)19/h4-9H,10H2,1-3H3. The fourth-order valence-electron chi connectivity index (χ4n) is 2.22. The van der Waals surface area contributed by atoms with E-state index in [1.165, 1.54) is 29.3 Å². The number of nitrogens with zero attached hydrogens (tertiary/aromatic N) is 1. The second-order valence-electron chi connectivity index (χ2n) is 5.22. The van der Waals surface area contributed by atoms with Crippen molar-refractivity contribution in [3.63, 3.8) is 0 Å². The second-order valence-corrected chi connectivity index (χ2v) is 6.38. The van der Waals surface area contributed by atoms with E-state index in [0.717, 1.165) is 5.56 Å². The number of benzene rings is 2. The quantitative estimate of drug-likeness (QED) is 0.707. The SMILES string of the molecule is Cc1ccc(CN(C)C(=O)c2ccc(F)cc2I)c(C)c1. The minimum absolute atomic E-state index is 0.0978. The van der Waals surface area contributed by atoms with Crippen molar-refractivity contribution in [2.24, 2.45) is 0 Å². The van der Waals surface area contributed by atoms with Crippen LogP contribution in [-0.2, 0) is 6.54 Å². The van der Waals surface area contributed by atoms with Crippen LogP contribution in [0, 0.1) is 23.2 Å². The lowest BCUT2D eigenvalue weighted by Crippen LogP contribution is -2.27. The van der Waals surface area contributed by atoms with Gasteiger partial charge in [0, 0.05) is 17.2 Å². The van der Waals surface area contributed by atoms with Gasteiger partial charge in [0.05, 0.1) is 5.56 Å². The van der Waals surface area contributed by atoms with Gasteiger partial charge in [0.2, 0.25) is 0 Å². The summed E-state index contributed by atoms with van der Waals surface area (Å²) in [5, 5.41) is 0. The predicted molar refractivity (Wildman–Crippen MR) is 90.8 cm³/mol. The first kappa shape index (κ1) is 15.9. The Morgan fingerprint density at radius 1 is 1.19 bits per heavy atom. The van der Waals surface area contributed by atoms with Crippen LogP contribution in [0.3, 0.4) is 0 Å². The van der Waals surface area contributed by atoms with Gasteiger partial charge >= 0.3 is 0 Å². The highest BCUT2D eigenvalue weighted by Gasteiger charge is 2.16. The van der Waals surface area contributed by atoms with Crippen molar-refractivity contribution in [2.75, 3.05) is 7.05 Å². The predicted octanol–water partition coefficient (Wildman–Crippen LogP) is 4.32. The number of hydrogen-bond acceptors (Lipinski definition) is 1. The van der Waals surface area contributed by atoms with E-state index in [0.29, 0.717) is 15.7 Å². The molecule has 4 heteroatoms. The fourth-order valence-corrected chi connectivity index (χ4v) is 2.93. The first-order valence-electron chi connectivity index (χ1n) is 6.65. The molecule has 0 aromatic heterocycles. The summed E-state index contributed by atoms with van der Waals surface area (Å²) in [5.41, 5.74) is 4.03. The normalized spacial score (nSPS) is 10.5. The maximum atomic E-state index is 13.1. The number of carbonyl (C=O) groups is 1. The lowest BCUT2D eigenvalue weighted by atomic mass is 10.1. The summed E-state index contributed by atoms with van der Waals surface area (Å²) in [6, 6.07) is 10.4. The molecule has 0 N–H and O–H groups in total. The van der Waals surface area contributed by atoms with Gasteiger partial charge in [0.25, 0.3) is 5.91 Å². The molecule has 0 aliphatic heterocycles. The van der Waals surface area contributed by atoms with Gasteiger partial charge in [-0.25, -0.2) is 4.39 Å². The molecule has 0 fully saturated rings. The molecule has 0 aliphatic rings. The average molecular weight is 397 g/mol. The van der Waals surface area contributed by atoms with Crippen LogP contribution in [0.4, 0.5) is 4.39 Å². The molecule has 2 rings (SSSR count). The minimum atomic E-state index is -0.326. The zero-order valence-electron chi connectivity index (χ0n) is 12.3. The molecular formula is C17H17FINO. The van der Waals surface area contributed by atoms with Gasteiger partial charge in [-0.1, -0.05) is 23.8 Å². The Kier molecular flexibility index (Phi) is 4.98. The van der Waals surface area contributed by atoms with Crippen LogP contribution in [0.25, 0.3) is 0 Å². The van der Waals surface area contributed by atoms with Crippen LogP contribution in [0.1, 0.15) is 27.0 Å². The lowest BCUT2D eigenvalue weighted by Gasteiger charge is -2.19. The summed E-state index contributed by atoms with van der Waals surface area (Å²) < 4.78 is 13.7. The summed E-state index contributed by atoms with van der Waals surface area (Å²) in [6.07, 6.45) is 0. The summed E-state index contributed by atoms with van der Waals surface area (Å²) in [7, 11) is 1.76. The Labute approximate surface area is 138 Å². The summed E-state index contributed by atoms with van der Waals surface area (Å²) >= 11 is 1.99.